The molecule has 1 aliphatic heterocycles. The van der Waals surface area contributed by atoms with Gasteiger partial charge in [-0.15, -0.1) is 0 Å². The van der Waals surface area contributed by atoms with Gasteiger partial charge in [-0.2, -0.15) is 5.26 Å². The zero-order chi connectivity index (χ0) is 23.3. The minimum Gasteiger partial charge on any atom is -0.462 e. The number of benzene rings is 2. The normalized spacial score (nSPS) is 14.7. The van der Waals surface area contributed by atoms with Gasteiger partial charge in [0.2, 0.25) is 0 Å². The lowest BCUT2D eigenvalue weighted by atomic mass is 9.98. The van der Waals surface area contributed by atoms with Gasteiger partial charge in [-0.3, -0.25) is 4.79 Å². The molecule has 0 saturated carbocycles. The van der Waals surface area contributed by atoms with E-state index < -0.39 is 11.9 Å². The van der Waals surface area contributed by atoms with Gasteiger partial charge in [-0.05, 0) is 34.9 Å². The molecule has 0 bridgehead atoms. The highest BCUT2D eigenvalue weighted by Crippen LogP contribution is 2.25. The fourth-order valence-corrected chi connectivity index (χ4v) is 3.61. The summed E-state index contributed by atoms with van der Waals surface area (Å²) < 4.78 is 26.2. The number of esters is 1. The van der Waals surface area contributed by atoms with E-state index in [1.807, 2.05) is 18.2 Å². The molecule has 0 radical (unpaired) electrons. The Morgan fingerprint density at radius 3 is 2.39 bits per heavy atom. The molecule has 8 nitrogen and oxygen atoms in total. The number of carbonyl (C=O) groups excluding carboxylic acids is 1. The number of anilines is 1. The molecule has 0 amide bonds. The molecule has 0 spiro atoms. The summed E-state index contributed by atoms with van der Waals surface area (Å²) in [6.45, 7) is 5.57. The first kappa shape index (κ1) is 24.9. The van der Waals surface area contributed by atoms with Crippen molar-refractivity contribution >= 4 is 22.4 Å². The molecule has 0 aliphatic carbocycles. The predicted molar refractivity (Wildman–Crippen MR) is 124 cm³/mol. The van der Waals surface area contributed by atoms with Crippen LogP contribution in [-0.2, 0) is 34.9 Å². The maximum Gasteiger partial charge on any atom is 0.323 e. The fraction of sp³-hybridized carbons (Fsp3) is 0.520. The first-order valence-corrected chi connectivity index (χ1v) is 11.3. The minimum absolute atomic E-state index is 0.108. The zero-order valence-corrected chi connectivity index (χ0v) is 19.2. The van der Waals surface area contributed by atoms with Gasteiger partial charge in [-0.25, -0.2) is 0 Å². The molecule has 1 aliphatic rings. The van der Waals surface area contributed by atoms with Crippen LogP contribution in [0.5, 0.6) is 0 Å². The van der Waals surface area contributed by atoms with E-state index in [4.69, 9.17) is 23.7 Å². The highest BCUT2D eigenvalue weighted by Gasteiger charge is 2.20. The third-order valence-electron chi connectivity index (χ3n) is 5.42. The number of carbonyl (C=O) groups is 1. The van der Waals surface area contributed by atoms with Crippen molar-refractivity contribution in [1.82, 2.24) is 0 Å². The van der Waals surface area contributed by atoms with E-state index in [1.54, 1.807) is 7.11 Å². The molecule has 1 saturated heterocycles. The number of nitrogens with zero attached hydrogens (tertiary/aromatic N) is 2. The Bertz CT molecular complexity index is 923. The quantitative estimate of drug-likeness (QED) is 0.336. The summed E-state index contributed by atoms with van der Waals surface area (Å²) in [5, 5.41) is 11.7. The van der Waals surface area contributed by atoms with Crippen molar-refractivity contribution in [2.45, 2.75) is 6.42 Å². The lowest BCUT2D eigenvalue weighted by Crippen LogP contribution is -2.36. The Hall–Kier alpha value is -2.70. The molecule has 0 aromatic heterocycles. The van der Waals surface area contributed by atoms with E-state index in [1.165, 1.54) is 5.69 Å². The summed E-state index contributed by atoms with van der Waals surface area (Å²) in [5.41, 5.74) is 2.11. The van der Waals surface area contributed by atoms with Gasteiger partial charge in [-0.1, -0.05) is 24.3 Å². The van der Waals surface area contributed by atoms with Gasteiger partial charge < -0.3 is 28.6 Å². The first-order valence-electron chi connectivity index (χ1n) is 11.3. The molecule has 33 heavy (non-hydrogen) atoms. The average molecular weight is 457 g/mol. The highest BCUT2D eigenvalue weighted by molar-refractivity contribution is 5.86. The topological polar surface area (TPSA) is 90.2 Å². The van der Waals surface area contributed by atoms with Crippen molar-refractivity contribution < 1.29 is 28.5 Å². The van der Waals surface area contributed by atoms with Crippen LogP contribution in [0, 0.1) is 17.2 Å². The number of rotatable bonds is 13. The van der Waals surface area contributed by atoms with Crippen molar-refractivity contribution in [2.24, 2.45) is 5.92 Å². The van der Waals surface area contributed by atoms with Gasteiger partial charge in [0.25, 0.3) is 0 Å². The Labute approximate surface area is 194 Å². The van der Waals surface area contributed by atoms with Crippen molar-refractivity contribution in [2.75, 3.05) is 78.0 Å². The molecule has 1 atom stereocenters. The van der Waals surface area contributed by atoms with E-state index in [0.717, 1.165) is 42.6 Å². The van der Waals surface area contributed by atoms with Crippen LogP contribution in [0.15, 0.2) is 36.4 Å². The number of nitriles is 1. The standard InChI is InChI=1S/C25H32N2O6/c1-29-10-11-31-12-13-32-14-15-33-25(28)23(19-26)17-20-2-3-22-18-24(5-4-21(22)16-20)27-6-8-30-9-7-27/h2-5,16,18,23H,6-15,17H2,1H3. The molecular weight excluding hydrogens is 424 g/mol. The van der Waals surface area contributed by atoms with Crippen LogP contribution in [0.4, 0.5) is 5.69 Å². The highest BCUT2D eigenvalue weighted by atomic mass is 16.6. The monoisotopic (exact) mass is 456 g/mol. The van der Waals surface area contributed by atoms with Crippen molar-refractivity contribution in [3.8, 4) is 6.07 Å². The largest absolute Gasteiger partial charge is 0.462 e. The summed E-state index contributed by atoms with van der Waals surface area (Å²) in [5.74, 6) is -1.38. The number of hydrogen-bond acceptors (Lipinski definition) is 8. The van der Waals surface area contributed by atoms with Crippen LogP contribution in [0.1, 0.15) is 5.56 Å². The third-order valence-corrected chi connectivity index (χ3v) is 5.42. The molecule has 1 heterocycles. The third kappa shape index (κ3) is 7.98. The van der Waals surface area contributed by atoms with Gasteiger partial charge in [0.15, 0.2) is 0 Å². The van der Waals surface area contributed by atoms with E-state index in [0.29, 0.717) is 32.8 Å². The lowest BCUT2D eigenvalue weighted by molar-refractivity contribution is -0.148. The lowest BCUT2D eigenvalue weighted by Gasteiger charge is -2.29. The Morgan fingerprint density at radius 2 is 1.67 bits per heavy atom. The molecule has 2 aromatic carbocycles. The first-order chi connectivity index (χ1) is 16.2. The second-order valence-electron chi connectivity index (χ2n) is 7.74. The Balaban J connectivity index is 1.45. The fourth-order valence-electron chi connectivity index (χ4n) is 3.61. The van der Waals surface area contributed by atoms with E-state index >= 15 is 0 Å². The molecule has 1 unspecified atom stereocenters. The molecule has 3 rings (SSSR count). The second-order valence-corrected chi connectivity index (χ2v) is 7.74. The Morgan fingerprint density at radius 1 is 1.00 bits per heavy atom. The summed E-state index contributed by atoms with van der Waals surface area (Å²) in [6, 6.07) is 14.5. The number of ether oxygens (including phenoxy) is 5. The van der Waals surface area contributed by atoms with Crippen LogP contribution in [0.2, 0.25) is 0 Å². The molecule has 8 heteroatoms. The van der Waals surface area contributed by atoms with E-state index in [2.05, 4.69) is 29.2 Å². The van der Waals surface area contributed by atoms with E-state index in [9.17, 15) is 10.1 Å². The summed E-state index contributed by atoms with van der Waals surface area (Å²) >= 11 is 0. The van der Waals surface area contributed by atoms with Crippen LogP contribution in [0.25, 0.3) is 10.8 Å². The van der Waals surface area contributed by atoms with Crippen molar-refractivity contribution in [3.05, 3.63) is 42.0 Å². The van der Waals surface area contributed by atoms with Gasteiger partial charge in [0, 0.05) is 25.9 Å². The molecule has 1 fully saturated rings. The van der Waals surface area contributed by atoms with E-state index in [-0.39, 0.29) is 13.2 Å². The number of methoxy groups -OCH3 is 1. The van der Waals surface area contributed by atoms with Gasteiger partial charge >= 0.3 is 5.97 Å². The van der Waals surface area contributed by atoms with Crippen LogP contribution >= 0.6 is 0 Å². The summed E-state index contributed by atoms with van der Waals surface area (Å²) in [4.78, 5) is 14.6. The maximum absolute atomic E-state index is 12.3. The van der Waals surface area contributed by atoms with Crippen LogP contribution in [-0.4, -0.2) is 79.0 Å². The number of fused-ring (bicyclic) bond motifs is 1. The summed E-state index contributed by atoms with van der Waals surface area (Å²) in [6.07, 6.45) is 0.310. The smallest absolute Gasteiger partial charge is 0.323 e. The van der Waals surface area contributed by atoms with Crippen LogP contribution in [0.3, 0.4) is 0 Å². The van der Waals surface area contributed by atoms with Gasteiger partial charge in [0.05, 0.1) is 52.3 Å². The summed E-state index contributed by atoms with van der Waals surface area (Å²) in [7, 11) is 1.62. The molecule has 0 N–H and O–H groups in total. The SMILES string of the molecule is COCCOCCOCCOC(=O)C(C#N)Cc1ccc2cc(N3CCOCC3)ccc2c1. The molecule has 178 valence electrons. The van der Waals surface area contributed by atoms with Gasteiger partial charge in [0.1, 0.15) is 12.5 Å². The molecular formula is C25H32N2O6. The average Bonchev–Trinajstić information content (AvgIpc) is 2.86. The zero-order valence-electron chi connectivity index (χ0n) is 19.2. The van der Waals surface area contributed by atoms with Crippen molar-refractivity contribution in [1.29, 1.82) is 5.26 Å². The van der Waals surface area contributed by atoms with Crippen molar-refractivity contribution in [3.63, 3.8) is 0 Å². The molecule has 2 aromatic rings. The second kappa shape index (κ2) is 13.8. The van der Waals surface area contributed by atoms with Crippen LogP contribution < -0.4 is 4.90 Å². The predicted octanol–water partition coefficient (Wildman–Crippen LogP) is 2.58. The number of hydrogen-bond donors (Lipinski definition) is 0. The maximum atomic E-state index is 12.3. The Kier molecular flexibility index (Phi) is 10.4. The minimum atomic E-state index is -0.854. The number of morpholine rings is 1.